The van der Waals surface area contributed by atoms with Gasteiger partial charge in [0.25, 0.3) is 0 Å². The number of hydrogen-bond acceptors (Lipinski definition) is 5. The fraction of sp³-hybridized carbons (Fsp3) is 0.357. The maximum atomic E-state index is 11.6. The first-order chi connectivity index (χ1) is 10.1. The highest BCUT2D eigenvalue weighted by Crippen LogP contribution is 2.10. The molecule has 0 atom stereocenters. The molecule has 0 aliphatic carbocycles. The van der Waals surface area contributed by atoms with Gasteiger partial charge < -0.3 is 20.1 Å². The number of methoxy groups -OCH3 is 2. The molecule has 0 aliphatic heterocycles. The van der Waals surface area contributed by atoms with Gasteiger partial charge >= 0.3 is 17.8 Å². The lowest BCUT2D eigenvalue weighted by Crippen LogP contribution is -2.36. The van der Waals surface area contributed by atoms with Crippen LogP contribution < -0.4 is 10.6 Å². The molecule has 21 heavy (non-hydrogen) atoms. The van der Waals surface area contributed by atoms with E-state index in [1.807, 2.05) is 0 Å². The highest BCUT2D eigenvalue weighted by molar-refractivity contribution is 6.39. The molecule has 0 bridgehead atoms. The van der Waals surface area contributed by atoms with Crippen molar-refractivity contribution in [2.75, 3.05) is 32.7 Å². The van der Waals surface area contributed by atoms with Crippen molar-refractivity contribution >= 4 is 23.5 Å². The SMILES string of the molecule is COCCCNC(=O)C(=O)Nc1ccc(C(=O)OC)cc1. The zero-order valence-electron chi connectivity index (χ0n) is 12.0. The van der Waals surface area contributed by atoms with Crippen molar-refractivity contribution in [3.05, 3.63) is 29.8 Å². The summed E-state index contributed by atoms with van der Waals surface area (Å²) in [6.45, 7) is 0.873. The third kappa shape index (κ3) is 5.62. The van der Waals surface area contributed by atoms with Crippen LogP contribution in [0.25, 0.3) is 0 Å². The van der Waals surface area contributed by atoms with E-state index in [1.165, 1.54) is 31.4 Å². The van der Waals surface area contributed by atoms with Gasteiger partial charge in [0.15, 0.2) is 0 Å². The summed E-state index contributed by atoms with van der Waals surface area (Å²) in [5.74, 6) is -1.95. The molecule has 1 rings (SSSR count). The Morgan fingerprint density at radius 2 is 1.71 bits per heavy atom. The summed E-state index contributed by atoms with van der Waals surface area (Å²) >= 11 is 0. The van der Waals surface area contributed by atoms with E-state index in [2.05, 4.69) is 15.4 Å². The molecule has 2 amide bonds. The van der Waals surface area contributed by atoms with Crippen molar-refractivity contribution in [3.8, 4) is 0 Å². The number of esters is 1. The number of nitrogens with one attached hydrogen (secondary N) is 2. The molecule has 0 spiro atoms. The Morgan fingerprint density at radius 1 is 1.05 bits per heavy atom. The Morgan fingerprint density at radius 3 is 2.29 bits per heavy atom. The van der Waals surface area contributed by atoms with E-state index in [9.17, 15) is 14.4 Å². The Kier molecular flexibility index (Phi) is 6.90. The second-order valence-electron chi connectivity index (χ2n) is 4.13. The van der Waals surface area contributed by atoms with Gasteiger partial charge in [-0.05, 0) is 30.7 Å². The van der Waals surface area contributed by atoms with Crippen LogP contribution in [0.4, 0.5) is 5.69 Å². The van der Waals surface area contributed by atoms with Crippen LogP contribution in [0.5, 0.6) is 0 Å². The van der Waals surface area contributed by atoms with Crippen molar-refractivity contribution in [3.63, 3.8) is 0 Å². The summed E-state index contributed by atoms with van der Waals surface area (Å²) < 4.78 is 9.39. The molecule has 0 aromatic heterocycles. The molecule has 0 saturated carbocycles. The Bertz CT molecular complexity index is 499. The molecule has 0 unspecified atom stereocenters. The minimum atomic E-state index is -0.766. The lowest BCUT2D eigenvalue weighted by Gasteiger charge is -2.07. The van der Waals surface area contributed by atoms with Crippen LogP contribution in [0.3, 0.4) is 0 Å². The van der Waals surface area contributed by atoms with Gasteiger partial charge in [0.05, 0.1) is 12.7 Å². The highest BCUT2D eigenvalue weighted by Gasteiger charge is 2.13. The van der Waals surface area contributed by atoms with Gasteiger partial charge in [-0.15, -0.1) is 0 Å². The van der Waals surface area contributed by atoms with Crippen LogP contribution in [0.15, 0.2) is 24.3 Å². The van der Waals surface area contributed by atoms with E-state index in [1.54, 1.807) is 7.11 Å². The Hall–Kier alpha value is -2.41. The first kappa shape index (κ1) is 16.6. The van der Waals surface area contributed by atoms with Gasteiger partial charge in [-0.3, -0.25) is 9.59 Å². The summed E-state index contributed by atoms with van der Waals surface area (Å²) in [6, 6.07) is 6.03. The number of amides is 2. The smallest absolute Gasteiger partial charge is 0.337 e. The van der Waals surface area contributed by atoms with E-state index in [-0.39, 0.29) is 0 Å². The van der Waals surface area contributed by atoms with Gasteiger partial charge in [0.2, 0.25) is 0 Å². The molecular weight excluding hydrogens is 276 g/mol. The highest BCUT2D eigenvalue weighted by atomic mass is 16.5. The molecule has 0 saturated heterocycles. The number of ether oxygens (including phenoxy) is 2. The topological polar surface area (TPSA) is 93.7 Å². The van der Waals surface area contributed by atoms with E-state index in [0.717, 1.165) is 0 Å². The van der Waals surface area contributed by atoms with E-state index in [4.69, 9.17) is 4.74 Å². The number of rotatable bonds is 6. The molecule has 0 heterocycles. The number of benzene rings is 1. The monoisotopic (exact) mass is 294 g/mol. The van der Waals surface area contributed by atoms with Crippen molar-refractivity contribution in [1.29, 1.82) is 0 Å². The van der Waals surface area contributed by atoms with E-state index >= 15 is 0 Å². The van der Waals surface area contributed by atoms with Crippen molar-refractivity contribution in [1.82, 2.24) is 5.32 Å². The maximum absolute atomic E-state index is 11.6. The number of anilines is 1. The average molecular weight is 294 g/mol. The van der Waals surface area contributed by atoms with Crippen LogP contribution in [-0.4, -0.2) is 45.2 Å². The largest absolute Gasteiger partial charge is 0.465 e. The third-order valence-electron chi connectivity index (χ3n) is 2.58. The fourth-order valence-corrected chi connectivity index (χ4v) is 1.49. The zero-order valence-corrected chi connectivity index (χ0v) is 12.0. The average Bonchev–Trinajstić information content (AvgIpc) is 2.51. The summed E-state index contributed by atoms with van der Waals surface area (Å²) in [4.78, 5) is 34.3. The van der Waals surface area contributed by atoms with Crippen molar-refractivity contribution < 1.29 is 23.9 Å². The quantitative estimate of drug-likeness (QED) is 0.454. The van der Waals surface area contributed by atoms with Crippen LogP contribution in [0.1, 0.15) is 16.8 Å². The lowest BCUT2D eigenvalue weighted by atomic mass is 10.2. The van der Waals surface area contributed by atoms with Gasteiger partial charge in [-0.25, -0.2) is 4.79 Å². The molecule has 7 nitrogen and oxygen atoms in total. The Balaban J connectivity index is 2.47. The van der Waals surface area contributed by atoms with Crippen LogP contribution in [0.2, 0.25) is 0 Å². The summed E-state index contributed by atoms with van der Waals surface area (Å²) in [5, 5.41) is 4.90. The third-order valence-corrected chi connectivity index (χ3v) is 2.58. The normalized spacial score (nSPS) is 9.81. The minimum absolute atomic E-state index is 0.361. The molecule has 0 radical (unpaired) electrons. The second kappa shape index (κ2) is 8.70. The van der Waals surface area contributed by atoms with Crippen molar-refractivity contribution in [2.24, 2.45) is 0 Å². The summed E-state index contributed by atoms with van der Waals surface area (Å²) in [5.41, 5.74) is 0.777. The molecule has 0 fully saturated rings. The number of carbonyl (C=O) groups is 3. The van der Waals surface area contributed by atoms with Gasteiger partial charge in [-0.2, -0.15) is 0 Å². The van der Waals surface area contributed by atoms with Crippen LogP contribution >= 0.6 is 0 Å². The standard InChI is InChI=1S/C14H18N2O5/c1-20-9-3-8-15-12(17)13(18)16-11-6-4-10(5-7-11)14(19)21-2/h4-7H,3,8-9H2,1-2H3,(H,15,17)(H,16,18). The van der Waals surface area contributed by atoms with Crippen molar-refractivity contribution in [2.45, 2.75) is 6.42 Å². The van der Waals surface area contributed by atoms with Gasteiger partial charge in [0.1, 0.15) is 0 Å². The molecular formula is C14H18N2O5. The van der Waals surface area contributed by atoms with Crippen LogP contribution in [0, 0.1) is 0 Å². The zero-order chi connectivity index (χ0) is 15.7. The molecule has 114 valence electrons. The summed E-state index contributed by atoms with van der Waals surface area (Å²) in [6.07, 6.45) is 0.628. The number of carbonyl (C=O) groups excluding carboxylic acids is 3. The van der Waals surface area contributed by atoms with Crippen LogP contribution in [-0.2, 0) is 19.1 Å². The predicted octanol–water partition coefficient (Wildman–Crippen LogP) is 0.564. The molecule has 2 N–H and O–H groups in total. The van der Waals surface area contributed by atoms with Gasteiger partial charge in [0, 0.05) is 25.9 Å². The van der Waals surface area contributed by atoms with E-state index < -0.39 is 17.8 Å². The maximum Gasteiger partial charge on any atom is 0.337 e. The van der Waals surface area contributed by atoms with Gasteiger partial charge in [-0.1, -0.05) is 0 Å². The fourth-order valence-electron chi connectivity index (χ4n) is 1.49. The Labute approximate surface area is 122 Å². The summed E-state index contributed by atoms with van der Waals surface area (Å²) in [7, 11) is 2.85. The number of hydrogen-bond donors (Lipinski definition) is 2. The predicted molar refractivity (Wildman–Crippen MR) is 75.9 cm³/mol. The molecule has 7 heteroatoms. The van der Waals surface area contributed by atoms with E-state index in [0.29, 0.717) is 30.8 Å². The first-order valence-electron chi connectivity index (χ1n) is 6.35. The lowest BCUT2D eigenvalue weighted by molar-refractivity contribution is -0.136. The first-order valence-corrected chi connectivity index (χ1v) is 6.35. The molecule has 1 aromatic rings. The minimum Gasteiger partial charge on any atom is -0.465 e. The molecule has 0 aliphatic rings. The second-order valence-corrected chi connectivity index (χ2v) is 4.13. The molecule has 1 aromatic carbocycles.